The summed E-state index contributed by atoms with van der Waals surface area (Å²) in [5.41, 5.74) is 0.505. The standard InChI is InChI=1S/C8H7NO4.C6H5NO3.C2H4O2/c10-8(11)5-6-1-3-7(4-2-6)9(12)13;8-6-3-1-5(2-4-6)7(9)10;1-2(3)4/h1-4H,5H2,(H,10,11);1-4,8H;1H3,(H,3,4). The molecule has 2 aromatic carbocycles. The van der Waals surface area contributed by atoms with E-state index in [1.54, 1.807) is 0 Å². The van der Waals surface area contributed by atoms with E-state index in [4.69, 9.17) is 20.1 Å². The summed E-state index contributed by atoms with van der Waals surface area (Å²) in [5.74, 6) is -1.75. The molecule has 11 heteroatoms. The number of nitrogens with zero attached hydrogens (tertiary/aromatic N) is 2. The minimum atomic E-state index is -0.950. The van der Waals surface area contributed by atoms with E-state index in [1.165, 1.54) is 48.5 Å². The fourth-order valence-corrected chi connectivity index (χ4v) is 1.48. The average Bonchev–Trinajstić information content (AvgIpc) is 2.55. The third-order valence-electron chi connectivity index (χ3n) is 2.56. The summed E-state index contributed by atoms with van der Waals surface area (Å²) in [7, 11) is 0. The molecule has 0 aliphatic rings. The van der Waals surface area contributed by atoms with Crippen molar-refractivity contribution < 1.29 is 34.8 Å². The molecule has 0 aliphatic carbocycles. The highest BCUT2D eigenvalue weighted by Crippen LogP contribution is 2.15. The molecule has 0 amide bonds. The lowest BCUT2D eigenvalue weighted by Crippen LogP contribution is -1.99. The Morgan fingerprint density at radius 1 is 0.852 bits per heavy atom. The summed E-state index contributed by atoms with van der Waals surface area (Å²) < 4.78 is 0. The zero-order valence-electron chi connectivity index (χ0n) is 14.0. The van der Waals surface area contributed by atoms with Crippen LogP contribution in [0.2, 0.25) is 0 Å². The van der Waals surface area contributed by atoms with Gasteiger partial charge in [0, 0.05) is 31.2 Å². The normalized spacial score (nSPS) is 8.93. The number of nitro groups is 2. The summed E-state index contributed by atoms with van der Waals surface area (Å²) in [5, 5.41) is 44.8. The first-order valence-corrected chi connectivity index (χ1v) is 7.11. The molecule has 0 saturated heterocycles. The number of carboxylic acids is 2. The van der Waals surface area contributed by atoms with Crippen molar-refractivity contribution in [3.8, 4) is 5.75 Å². The van der Waals surface area contributed by atoms with Crippen LogP contribution in [0.3, 0.4) is 0 Å². The van der Waals surface area contributed by atoms with E-state index in [-0.39, 0.29) is 23.5 Å². The summed E-state index contributed by atoms with van der Waals surface area (Å²) in [4.78, 5) is 38.5. The lowest BCUT2D eigenvalue weighted by molar-refractivity contribution is -0.385. The van der Waals surface area contributed by atoms with Gasteiger partial charge in [-0.3, -0.25) is 29.8 Å². The first kappa shape index (κ1) is 23.0. The molecule has 3 N–H and O–H groups in total. The molecule has 0 bridgehead atoms. The number of phenolic OH excluding ortho intramolecular Hbond substituents is 1. The largest absolute Gasteiger partial charge is 0.508 e. The molecule has 2 aromatic rings. The predicted molar refractivity (Wildman–Crippen MR) is 92.5 cm³/mol. The van der Waals surface area contributed by atoms with Gasteiger partial charge in [0.15, 0.2) is 0 Å². The highest BCUT2D eigenvalue weighted by atomic mass is 16.6. The van der Waals surface area contributed by atoms with Crippen LogP contribution in [0.4, 0.5) is 11.4 Å². The highest BCUT2D eigenvalue weighted by molar-refractivity contribution is 5.70. The van der Waals surface area contributed by atoms with Crippen molar-refractivity contribution in [1.82, 2.24) is 0 Å². The van der Waals surface area contributed by atoms with Crippen LogP contribution in [0, 0.1) is 20.2 Å². The first-order valence-electron chi connectivity index (χ1n) is 7.11. The van der Waals surface area contributed by atoms with E-state index < -0.39 is 21.8 Å². The number of hydrogen-bond acceptors (Lipinski definition) is 7. The van der Waals surface area contributed by atoms with Crippen molar-refractivity contribution in [2.45, 2.75) is 13.3 Å². The first-order chi connectivity index (χ1) is 12.5. The molecule has 144 valence electrons. The Morgan fingerprint density at radius 3 is 1.48 bits per heavy atom. The Kier molecular flexibility index (Phi) is 9.80. The van der Waals surface area contributed by atoms with Crippen molar-refractivity contribution >= 4 is 23.3 Å². The summed E-state index contributed by atoms with van der Waals surface area (Å²) in [6.07, 6.45) is -0.113. The van der Waals surface area contributed by atoms with Crippen LogP contribution in [0.15, 0.2) is 48.5 Å². The smallest absolute Gasteiger partial charge is 0.307 e. The quantitative estimate of drug-likeness (QED) is 0.530. The van der Waals surface area contributed by atoms with Crippen molar-refractivity contribution in [1.29, 1.82) is 0 Å². The molecule has 0 aliphatic heterocycles. The number of benzene rings is 2. The Bertz CT molecular complexity index is 783. The molecule has 0 heterocycles. The Balaban J connectivity index is 0.000000428. The number of non-ortho nitro benzene ring substituents is 2. The van der Waals surface area contributed by atoms with Crippen LogP contribution in [-0.2, 0) is 16.0 Å². The van der Waals surface area contributed by atoms with E-state index in [0.29, 0.717) is 5.56 Å². The fourth-order valence-electron chi connectivity index (χ4n) is 1.48. The van der Waals surface area contributed by atoms with E-state index in [1.807, 2.05) is 0 Å². The molecule has 0 spiro atoms. The molecular weight excluding hydrogens is 364 g/mol. The summed E-state index contributed by atoms with van der Waals surface area (Å²) >= 11 is 0. The van der Waals surface area contributed by atoms with E-state index in [2.05, 4.69) is 0 Å². The van der Waals surface area contributed by atoms with Crippen molar-refractivity contribution in [3.05, 3.63) is 74.3 Å². The molecular formula is C16H16N2O9. The summed E-state index contributed by atoms with van der Waals surface area (Å²) in [6, 6.07) is 10.5. The molecule has 27 heavy (non-hydrogen) atoms. The van der Waals surface area contributed by atoms with Gasteiger partial charge in [-0.05, 0) is 17.7 Å². The second kappa shape index (κ2) is 11.5. The zero-order chi connectivity index (χ0) is 21.0. The average molecular weight is 380 g/mol. The van der Waals surface area contributed by atoms with Gasteiger partial charge in [0.05, 0.1) is 16.3 Å². The van der Waals surface area contributed by atoms with Gasteiger partial charge in [-0.25, -0.2) is 0 Å². The van der Waals surface area contributed by atoms with Gasteiger partial charge in [-0.2, -0.15) is 0 Å². The summed E-state index contributed by atoms with van der Waals surface area (Å²) in [6.45, 7) is 1.08. The minimum Gasteiger partial charge on any atom is -0.508 e. The number of hydrogen-bond donors (Lipinski definition) is 3. The third kappa shape index (κ3) is 11.2. The maximum absolute atomic E-state index is 10.3. The zero-order valence-corrected chi connectivity index (χ0v) is 14.0. The molecule has 0 atom stereocenters. The van der Waals surface area contributed by atoms with Gasteiger partial charge in [0.25, 0.3) is 17.3 Å². The number of aromatic hydroxyl groups is 1. The Labute approximate surface area is 152 Å². The molecule has 2 rings (SSSR count). The third-order valence-corrected chi connectivity index (χ3v) is 2.56. The number of carbonyl (C=O) groups is 2. The molecule has 0 fully saturated rings. The van der Waals surface area contributed by atoms with Gasteiger partial charge in [0.1, 0.15) is 5.75 Å². The van der Waals surface area contributed by atoms with Gasteiger partial charge in [-0.1, -0.05) is 12.1 Å². The van der Waals surface area contributed by atoms with Gasteiger partial charge in [0.2, 0.25) is 0 Å². The lowest BCUT2D eigenvalue weighted by Gasteiger charge is -1.95. The number of phenols is 1. The number of nitro benzene ring substituents is 2. The Morgan fingerprint density at radius 2 is 1.19 bits per heavy atom. The van der Waals surface area contributed by atoms with Gasteiger partial charge < -0.3 is 15.3 Å². The fraction of sp³-hybridized carbons (Fsp3) is 0.125. The van der Waals surface area contributed by atoms with E-state index in [0.717, 1.165) is 6.92 Å². The molecule has 11 nitrogen and oxygen atoms in total. The number of rotatable bonds is 4. The maximum Gasteiger partial charge on any atom is 0.307 e. The highest BCUT2D eigenvalue weighted by Gasteiger charge is 2.05. The minimum absolute atomic E-state index is 0.0159. The van der Waals surface area contributed by atoms with Crippen LogP contribution in [-0.4, -0.2) is 37.1 Å². The van der Waals surface area contributed by atoms with Crippen LogP contribution in [0.1, 0.15) is 12.5 Å². The van der Waals surface area contributed by atoms with Crippen molar-refractivity contribution in [2.75, 3.05) is 0 Å². The maximum atomic E-state index is 10.3. The van der Waals surface area contributed by atoms with Gasteiger partial charge in [-0.15, -0.1) is 0 Å². The predicted octanol–water partition coefficient (Wildman–Crippen LogP) is 2.61. The lowest BCUT2D eigenvalue weighted by atomic mass is 10.1. The van der Waals surface area contributed by atoms with Crippen LogP contribution < -0.4 is 0 Å². The number of carboxylic acid groups (broad SMARTS) is 2. The topological polar surface area (TPSA) is 181 Å². The van der Waals surface area contributed by atoms with E-state index >= 15 is 0 Å². The second-order valence-electron chi connectivity index (χ2n) is 4.79. The second-order valence-corrected chi connectivity index (χ2v) is 4.79. The SMILES string of the molecule is CC(=O)O.O=C(O)Cc1ccc([N+](=O)[O-])cc1.O=[N+]([O-])c1ccc(O)cc1. The van der Waals surface area contributed by atoms with Crippen LogP contribution in [0.25, 0.3) is 0 Å². The molecule has 0 unspecified atom stereocenters. The van der Waals surface area contributed by atoms with Crippen LogP contribution in [0.5, 0.6) is 5.75 Å². The number of aliphatic carboxylic acids is 2. The molecule has 0 saturated carbocycles. The monoisotopic (exact) mass is 380 g/mol. The van der Waals surface area contributed by atoms with Gasteiger partial charge >= 0.3 is 5.97 Å². The van der Waals surface area contributed by atoms with Crippen LogP contribution >= 0.6 is 0 Å². The van der Waals surface area contributed by atoms with Crippen molar-refractivity contribution in [2.24, 2.45) is 0 Å². The molecule has 0 radical (unpaired) electrons. The van der Waals surface area contributed by atoms with Crippen molar-refractivity contribution in [3.63, 3.8) is 0 Å². The van der Waals surface area contributed by atoms with E-state index in [9.17, 15) is 25.0 Å². The molecule has 0 aromatic heterocycles. The Hall–Kier alpha value is -4.02.